The average molecular weight is 446 g/mol. The summed E-state index contributed by atoms with van der Waals surface area (Å²) in [6, 6.07) is 7.54. The van der Waals surface area contributed by atoms with Crippen molar-refractivity contribution in [2.24, 2.45) is 4.99 Å². The quantitative estimate of drug-likeness (QED) is 0.364. The Hall–Kier alpha value is -3.30. The second-order valence-electron chi connectivity index (χ2n) is 8.89. The van der Waals surface area contributed by atoms with Gasteiger partial charge in [0.05, 0.1) is 12.6 Å². The fourth-order valence-corrected chi connectivity index (χ4v) is 2.66. The summed E-state index contributed by atoms with van der Waals surface area (Å²) < 4.78 is 10.5. The highest BCUT2D eigenvalue weighted by molar-refractivity contribution is 5.80. The third-order valence-electron chi connectivity index (χ3n) is 4.15. The summed E-state index contributed by atoms with van der Waals surface area (Å²) in [7, 11) is 1.63. The number of benzene rings is 1. The molecule has 0 aliphatic rings. The van der Waals surface area contributed by atoms with E-state index < -0.39 is 17.2 Å². The van der Waals surface area contributed by atoms with Crippen LogP contribution in [0.4, 0.5) is 4.79 Å². The SMILES string of the molecule is CCNC(=NCc1nc(-c2ccc(OC)cc2)n[nH]1)NCC(C)(C)NC(=O)OC(C)(C)C. The lowest BCUT2D eigenvalue weighted by Crippen LogP contribution is -2.54. The fourth-order valence-electron chi connectivity index (χ4n) is 2.66. The van der Waals surface area contributed by atoms with Crippen molar-refractivity contribution in [3.05, 3.63) is 30.1 Å². The summed E-state index contributed by atoms with van der Waals surface area (Å²) in [6.45, 7) is 12.8. The van der Waals surface area contributed by atoms with Crippen molar-refractivity contribution in [1.29, 1.82) is 0 Å². The Labute approximate surface area is 189 Å². The van der Waals surface area contributed by atoms with Crippen LogP contribution < -0.4 is 20.7 Å². The summed E-state index contributed by atoms with van der Waals surface area (Å²) in [5, 5.41) is 16.5. The van der Waals surface area contributed by atoms with Crippen molar-refractivity contribution >= 4 is 12.1 Å². The number of nitrogens with zero attached hydrogens (tertiary/aromatic N) is 3. The van der Waals surface area contributed by atoms with Crippen LogP contribution in [0.1, 0.15) is 47.4 Å². The van der Waals surface area contributed by atoms with E-state index in [4.69, 9.17) is 9.47 Å². The van der Waals surface area contributed by atoms with Crippen LogP contribution in [0.25, 0.3) is 11.4 Å². The zero-order chi connectivity index (χ0) is 23.8. The molecule has 2 rings (SSSR count). The van der Waals surface area contributed by atoms with Gasteiger partial charge in [-0.2, -0.15) is 5.10 Å². The number of nitrogens with one attached hydrogen (secondary N) is 4. The lowest BCUT2D eigenvalue weighted by atomic mass is 10.1. The van der Waals surface area contributed by atoms with Gasteiger partial charge in [0.2, 0.25) is 0 Å². The Morgan fingerprint density at radius 2 is 1.81 bits per heavy atom. The summed E-state index contributed by atoms with van der Waals surface area (Å²) in [5.74, 6) is 2.62. The molecule has 0 saturated carbocycles. The standard InChI is InChI=1S/C22H35N7O3/c1-8-23-19(25-14-22(5,6)27-20(30)32-21(2,3)4)24-13-17-26-18(29-28-17)15-9-11-16(31-7)12-10-15/h9-12H,8,13-14H2,1-7H3,(H,27,30)(H2,23,24,25)(H,26,28,29). The third-order valence-corrected chi connectivity index (χ3v) is 4.15. The molecule has 0 spiro atoms. The fraction of sp³-hybridized carbons (Fsp3) is 0.545. The molecule has 0 saturated heterocycles. The molecule has 0 atom stereocenters. The van der Waals surface area contributed by atoms with Gasteiger partial charge in [-0.1, -0.05) is 0 Å². The monoisotopic (exact) mass is 445 g/mol. The summed E-state index contributed by atoms with van der Waals surface area (Å²) in [6.07, 6.45) is -0.459. The molecule has 0 bridgehead atoms. The van der Waals surface area contributed by atoms with Crippen LogP contribution >= 0.6 is 0 Å². The van der Waals surface area contributed by atoms with Crippen LogP contribution in [-0.2, 0) is 11.3 Å². The van der Waals surface area contributed by atoms with E-state index in [9.17, 15) is 4.79 Å². The van der Waals surface area contributed by atoms with Crippen molar-refractivity contribution < 1.29 is 14.3 Å². The van der Waals surface area contributed by atoms with Crippen LogP contribution in [0.2, 0.25) is 0 Å². The molecule has 0 fully saturated rings. The molecule has 1 heterocycles. The number of hydrogen-bond acceptors (Lipinski definition) is 6. The van der Waals surface area contributed by atoms with Crippen LogP contribution in [0, 0.1) is 0 Å². The molecule has 1 aromatic heterocycles. The number of hydrogen-bond donors (Lipinski definition) is 4. The van der Waals surface area contributed by atoms with Crippen molar-refractivity contribution in [2.45, 2.75) is 59.2 Å². The Balaban J connectivity index is 1.96. The molecule has 0 unspecified atom stereocenters. The molecule has 0 aliphatic carbocycles. The van der Waals surface area contributed by atoms with E-state index in [2.05, 4.69) is 36.1 Å². The first-order valence-electron chi connectivity index (χ1n) is 10.6. The topological polar surface area (TPSA) is 126 Å². The first kappa shape index (κ1) is 25.0. The van der Waals surface area contributed by atoms with E-state index in [0.29, 0.717) is 37.2 Å². The summed E-state index contributed by atoms with van der Waals surface area (Å²) in [5.41, 5.74) is -0.213. The normalized spacial score (nSPS) is 12.3. The van der Waals surface area contributed by atoms with E-state index in [1.165, 1.54) is 0 Å². The van der Waals surface area contributed by atoms with Gasteiger partial charge in [0.15, 0.2) is 11.8 Å². The zero-order valence-electron chi connectivity index (χ0n) is 20.0. The van der Waals surface area contributed by atoms with Crippen LogP contribution in [-0.4, -0.2) is 58.6 Å². The first-order chi connectivity index (χ1) is 15.0. The van der Waals surface area contributed by atoms with E-state index >= 15 is 0 Å². The maximum absolute atomic E-state index is 12.1. The smallest absolute Gasteiger partial charge is 0.408 e. The molecule has 0 radical (unpaired) electrons. The van der Waals surface area contributed by atoms with Gasteiger partial charge in [-0.3, -0.25) is 5.10 Å². The Bertz CT molecular complexity index is 899. The van der Waals surface area contributed by atoms with Gasteiger partial charge in [-0.05, 0) is 65.8 Å². The molecule has 176 valence electrons. The summed E-state index contributed by atoms with van der Waals surface area (Å²) >= 11 is 0. The molecule has 1 aromatic carbocycles. The van der Waals surface area contributed by atoms with Gasteiger partial charge >= 0.3 is 6.09 Å². The minimum Gasteiger partial charge on any atom is -0.497 e. The van der Waals surface area contributed by atoms with Crippen molar-refractivity contribution in [3.63, 3.8) is 0 Å². The van der Waals surface area contributed by atoms with E-state index in [-0.39, 0.29) is 0 Å². The highest BCUT2D eigenvalue weighted by atomic mass is 16.6. The van der Waals surface area contributed by atoms with E-state index in [0.717, 1.165) is 11.3 Å². The van der Waals surface area contributed by atoms with Crippen LogP contribution in [0.5, 0.6) is 5.75 Å². The van der Waals surface area contributed by atoms with Crippen molar-refractivity contribution in [3.8, 4) is 17.1 Å². The lowest BCUT2D eigenvalue weighted by Gasteiger charge is -2.29. The molecule has 0 aliphatic heterocycles. The number of methoxy groups -OCH3 is 1. The Morgan fingerprint density at radius 1 is 1.12 bits per heavy atom. The zero-order valence-corrected chi connectivity index (χ0v) is 20.0. The van der Waals surface area contributed by atoms with Gasteiger partial charge in [0.25, 0.3) is 0 Å². The number of rotatable bonds is 8. The average Bonchev–Trinajstić information content (AvgIpc) is 3.17. The highest BCUT2D eigenvalue weighted by Gasteiger charge is 2.24. The number of carbonyl (C=O) groups is 1. The second kappa shape index (κ2) is 10.8. The maximum atomic E-state index is 12.1. The van der Waals surface area contributed by atoms with Gasteiger partial charge < -0.3 is 25.4 Å². The maximum Gasteiger partial charge on any atom is 0.408 e. The van der Waals surface area contributed by atoms with E-state index in [1.807, 2.05) is 65.8 Å². The predicted molar refractivity (Wildman–Crippen MR) is 125 cm³/mol. The minimum absolute atomic E-state index is 0.318. The number of aromatic nitrogens is 3. The minimum atomic E-state index is -0.550. The molecule has 1 amide bonds. The van der Waals surface area contributed by atoms with Crippen LogP contribution in [0.15, 0.2) is 29.3 Å². The molecule has 10 nitrogen and oxygen atoms in total. The second-order valence-corrected chi connectivity index (χ2v) is 8.89. The molecular weight excluding hydrogens is 410 g/mol. The van der Waals surface area contributed by atoms with Crippen molar-refractivity contribution in [2.75, 3.05) is 20.2 Å². The molecule has 4 N–H and O–H groups in total. The predicted octanol–water partition coefficient (Wildman–Crippen LogP) is 2.84. The number of guanidine groups is 1. The lowest BCUT2D eigenvalue weighted by molar-refractivity contribution is 0.0474. The summed E-state index contributed by atoms with van der Waals surface area (Å²) in [4.78, 5) is 21.1. The molecule has 10 heteroatoms. The number of carbonyl (C=O) groups excluding carboxylic acids is 1. The molecule has 32 heavy (non-hydrogen) atoms. The number of alkyl carbamates (subject to hydrolysis) is 1. The Kier molecular flexibility index (Phi) is 8.45. The highest BCUT2D eigenvalue weighted by Crippen LogP contribution is 2.19. The van der Waals surface area contributed by atoms with Crippen LogP contribution in [0.3, 0.4) is 0 Å². The largest absolute Gasteiger partial charge is 0.497 e. The third kappa shape index (κ3) is 8.44. The Morgan fingerprint density at radius 3 is 2.41 bits per heavy atom. The number of H-pyrrole nitrogens is 1. The number of aromatic amines is 1. The van der Waals surface area contributed by atoms with Gasteiger partial charge in [0, 0.05) is 18.7 Å². The number of amides is 1. The van der Waals surface area contributed by atoms with Gasteiger partial charge in [0.1, 0.15) is 23.7 Å². The number of aliphatic imine (C=N–C) groups is 1. The number of ether oxygens (including phenoxy) is 2. The molecular formula is C22H35N7O3. The van der Waals surface area contributed by atoms with Gasteiger partial charge in [-0.15, -0.1) is 0 Å². The van der Waals surface area contributed by atoms with Gasteiger partial charge in [-0.25, -0.2) is 14.8 Å². The first-order valence-corrected chi connectivity index (χ1v) is 10.6. The van der Waals surface area contributed by atoms with Crippen molar-refractivity contribution in [1.82, 2.24) is 31.1 Å². The van der Waals surface area contributed by atoms with E-state index in [1.54, 1.807) is 7.11 Å². The molecule has 2 aromatic rings.